The van der Waals surface area contributed by atoms with Crippen molar-refractivity contribution >= 4 is 33.4 Å². The van der Waals surface area contributed by atoms with Gasteiger partial charge in [0.1, 0.15) is 5.75 Å². The fourth-order valence-electron chi connectivity index (χ4n) is 2.56. The van der Waals surface area contributed by atoms with Gasteiger partial charge in [0.05, 0.1) is 22.3 Å². The molecule has 0 spiro atoms. The van der Waals surface area contributed by atoms with Crippen LogP contribution in [-0.4, -0.2) is 24.0 Å². The van der Waals surface area contributed by atoms with Crippen LogP contribution in [-0.2, 0) is 0 Å². The highest BCUT2D eigenvalue weighted by Crippen LogP contribution is 2.27. The van der Waals surface area contributed by atoms with E-state index >= 15 is 0 Å². The van der Waals surface area contributed by atoms with Crippen molar-refractivity contribution in [3.63, 3.8) is 0 Å². The number of hydrogen-bond donors (Lipinski definition) is 2. The molecule has 0 bridgehead atoms. The van der Waals surface area contributed by atoms with E-state index in [9.17, 15) is 9.59 Å². The van der Waals surface area contributed by atoms with Gasteiger partial charge in [0.25, 0.3) is 11.8 Å². The zero-order valence-electron chi connectivity index (χ0n) is 17.6. The Morgan fingerprint density at radius 1 is 1.07 bits per heavy atom. The number of carbonyl (C=O) groups excluding carboxylic acids is 2. The van der Waals surface area contributed by atoms with E-state index in [4.69, 9.17) is 4.74 Å². The Morgan fingerprint density at radius 3 is 2.38 bits per heavy atom. The van der Waals surface area contributed by atoms with Crippen molar-refractivity contribution in [2.24, 2.45) is 5.92 Å². The molecule has 2 aromatic rings. The predicted molar refractivity (Wildman–Crippen MR) is 121 cm³/mol. The van der Waals surface area contributed by atoms with Crippen LogP contribution in [0.3, 0.4) is 0 Å². The Balaban J connectivity index is 2.13. The van der Waals surface area contributed by atoms with Gasteiger partial charge in [-0.1, -0.05) is 26.0 Å². The SMILES string of the molecule is CC(C)CCOc1ccc(C(=O)Nc2ccccc2C(=O)NC(C)(C)C)cc1Br. The monoisotopic (exact) mass is 460 g/mol. The van der Waals surface area contributed by atoms with E-state index in [0.29, 0.717) is 39.6 Å². The number of hydrogen-bond acceptors (Lipinski definition) is 3. The Labute approximate surface area is 181 Å². The Bertz CT molecular complexity index is 873. The third-order valence-electron chi connectivity index (χ3n) is 4.06. The standard InChI is InChI=1S/C23H29BrN2O3/c1-15(2)12-13-29-20-11-10-16(14-18(20)24)21(27)25-19-9-7-6-8-17(19)22(28)26-23(3,4)5/h6-11,14-15H,12-13H2,1-5H3,(H,25,27)(H,26,28). The molecule has 0 atom stereocenters. The molecule has 6 heteroatoms. The molecule has 0 radical (unpaired) electrons. The lowest BCUT2D eigenvalue weighted by atomic mass is 10.1. The number of para-hydroxylation sites is 1. The molecule has 0 unspecified atom stereocenters. The summed E-state index contributed by atoms with van der Waals surface area (Å²) in [6.07, 6.45) is 0.960. The molecule has 2 rings (SSSR count). The summed E-state index contributed by atoms with van der Waals surface area (Å²) in [6, 6.07) is 12.2. The summed E-state index contributed by atoms with van der Waals surface area (Å²) >= 11 is 3.47. The fraction of sp³-hybridized carbons (Fsp3) is 0.391. The molecular formula is C23H29BrN2O3. The van der Waals surface area contributed by atoms with Crippen molar-refractivity contribution in [3.05, 3.63) is 58.1 Å². The molecule has 156 valence electrons. The average Bonchev–Trinajstić information content (AvgIpc) is 2.61. The first-order valence-corrected chi connectivity index (χ1v) is 10.5. The summed E-state index contributed by atoms with van der Waals surface area (Å²) in [7, 11) is 0. The second-order valence-corrected chi connectivity index (χ2v) is 9.23. The van der Waals surface area contributed by atoms with Gasteiger partial charge in [0, 0.05) is 11.1 Å². The predicted octanol–water partition coefficient (Wildman–Crippen LogP) is 5.65. The lowest BCUT2D eigenvalue weighted by Gasteiger charge is -2.21. The summed E-state index contributed by atoms with van der Waals surface area (Å²) in [6.45, 7) is 10.6. The number of halogens is 1. The maximum atomic E-state index is 12.7. The van der Waals surface area contributed by atoms with Crippen molar-refractivity contribution in [2.75, 3.05) is 11.9 Å². The minimum absolute atomic E-state index is 0.233. The molecule has 0 aliphatic carbocycles. The molecule has 0 aliphatic heterocycles. The van der Waals surface area contributed by atoms with Gasteiger partial charge < -0.3 is 15.4 Å². The van der Waals surface area contributed by atoms with Crippen molar-refractivity contribution in [1.29, 1.82) is 0 Å². The number of amides is 2. The first-order chi connectivity index (χ1) is 13.6. The number of rotatable bonds is 7. The second kappa shape index (κ2) is 9.92. The molecule has 0 saturated heterocycles. The van der Waals surface area contributed by atoms with Crippen LogP contribution in [0.5, 0.6) is 5.75 Å². The summed E-state index contributed by atoms with van der Waals surface area (Å²) in [5.41, 5.74) is 0.986. The minimum atomic E-state index is -0.371. The van der Waals surface area contributed by atoms with E-state index in [1.165, 1.54) is 0 Å². The van der Waals surface area contributed by atoms with Gasteiger partial charge in [-0.3, -0.25) is 9.59 Å². The van der Waals surface area contributed by atoms with Crippen molar-refractivity contribution in [3.8, 4) is 5.75 Å². The van der Waals surface area contributed by atoms with Crippen LogP contribution in [0, 0.1) is 5.92 Å². The normalized spacial score (nSPS) is 11.3. The van der Waals surface area contributed by atoms with E-state index < -0.39 is 0 Å². The number of anilines is 1. The van der Waals surface area contributed by atoms with Gasteiger partial charge in [-0.05, 0) is 79.4 Å². The van der Waals surface area contributed by atoms with E-state index in [1.54, 1.807) is 42.5 Å². The molecule has 2 N–H and O–H groups in total. The highest BCUT2D eigenvalue weighted by Gasteiger charge is 2.19. The van der Waals surface area contributed by atoms with Gasteiger partial charge in [-0.2, -0.15) is 0 Å². The topological polar surface area (TPSA) is 67.4 Å². The van der Waals surface area contributed by atoms with Crippen molar-refractivity contribution in [2.45, 2.75) is 46.6 Å². The first-order valence-electron chi connectivity index (χ1n) is 9.72. The van der Waals surface area contributed by atoms with Crippen LogP contribution in [0.1, 0.15) is 61.8 Å². The highest BCUT2D eigenvalue weighted by molar-refractivity contribution is 9.10. The molecule has 5 nitrogen and oxygen atoms in total. The molecule has 0 saturated carbocycles. The van der Waals surface area contributed by atoms with Crippen LogP contribution in [0.25, 0.3) is 0 Å². The lowest BCUT2D eigenvalue weighted by Crippen LogP contribution is -2.40. The number of ether oxygens (including phenoxy) is 1. The first kappa shape index (κ1) is 22.9. The Kier molecular flexibility index (Phi) is 7.85. The van der Waals surface area contributed by atoms with Crippen LogP contribution >= 0.6 is 15.9 Å². The Hall–Kier alpha value is -2.34. The lowest BCUT2D eigenvalue weighted by molar-refractivity contribution is 0.0920. The number of benzene rings is 2. The molecule has 0 aromatic heterocycles. The molecule has 2 amide bonds. The smallest absolute Gasteiger partial charge is 0.255 e. The number of carbonyl (C=O) groups is 2. The van der Waals surface area contributed by atoms with Crippen molar-refractivity contribution in [1.82, 2.24) is 5.32 Å². The molecule has 0 fully saturated rings. The van der Waals surface area contributed by atoms with E-state index in [1.807, 2.05) is 20.8 Å². The van der Waals surface area contributed by atoms with Gasteiger partial charge in [0.15, 0.2) is 0 Å². The number of nitrogens with one attached hydrogen (secondary N) is 2. The zero-order chi connectivity index (χ0) is 21.6. The van der Waals surface area contributed by atoms with Crippen LogP contribution in [0.2, 0.25) is 0 Å². The van der Waals surface area contributed by atoms with Gasteiger partial charge in [-0.25, -0.2) is 0 Å². The molecule has 2 aromatic carbocycles. The fourth-order valence-corrected chi connectivity index (χ4v) is 3.05. The molecule has 0 heterocycles. The average molecular weight is 461 g/mol. The third-order valence-corrected chi connectivity index (χ3v) is 4.67. The maximum Gasteiger partial charge on any atom is 0.255 e. The summed E-state index contributed by atoms with van der Waals surface area (Å²) in [4.78, 5) is 25.3. The second-order valence-electron chi connectivity index (χ2n) is 8.38. The van der Waals surface area contributed by atoms with Crippen LogP contribution in [0.4, 0.5) is 5.69 Å². The minimum Gasteiger partial charge on any atom is -0.492 e. The highest BCUT2D eigenvalue weighted by atomic mass is 79.9. The summed E-state index contributed by atoms with van der Waals surface area (Å²) < 4.78 is 6.48. The largest absolute Gasteiger partial charge is 0.492 e. The molecule has 29 heavy (non-hydrogen) atoms. The van der Waals surface area contributed by atoms with Gasteiger partial charge in [0.2, 0.25) is 0 Å². The van der Waals surface area contributed by atoms with Crippen LogP contribution in [0.15, 0.2) is 46.9 Å². The van der Waals surface area contributed by atoms with E-state index in [2.05, 4.69) is 40.4 Å². The van der Waals surface area contributed by atoms with Gasteiger partial charge >= 0.3 is 0 Å². The quantitative estimate of drug-likeness (QED) is 0.560. The third kappa shape index (κ3) is 7.20. The van der Waals surface area contributed by atoms with Crippen molar-refractivity contribution < 1.29 is 14.3 Å². The maximum absolute atomic E-state index is 12.7. The summed E-state index contributed by atoms with van der Waals surface area (Å²) in [5.74, 6) is 0.737. The van der Waals surface area contributed by atoms with Crippen LogP contribution < -0.4 is 15.4 Å². The van der Waals surface area contributed by atoms with E-state index in [0.717, 1.165) is 6.42 Å². The van der Waals surface area contributed by atoms with E-state index in [-0.39, 0.29) is 17.4 Å². The Morgan fingerprint density at radius 2 is 1.76 bits per heavy atom. The van der Waals surface area contributed by atoms with Gasteiger partial charge in [-0.15, -0.1) is 0 Å². The molecule has 0 aliphatic rings. The summed E-state index contributed by atoms with van der Waals surface area (Å²) in [5, 5.41) is 5.76. The molecular weight excluding hydrogens is 432 g/mol. The zero-order valence-corrected chi connectivity index (χ0v) is 19.2.